The molecule has 0 bridgehead atoms. The summed E-state index contributed by atoms with van der Waals surface area (Å²) in [7, 11) is 2.89. The van der Waals surface area contributed by atoms with Gasteiger partial charge < -0.3 is 73.8 Å². The Morgan fingerprint density at radius 3 is 2.22 bits per heavy atom. The zero-order valence-corrected chi connectivity index (χ0v) is 46.5. The number of benzene rings is 1. The molecule has 3 aliphatic rings. The zero-order valence-electron chi connectivity index (χ0n) is 45.7. The number of cyclic esters (lactones) is 1. The van der Waals surface area contributed by atoms with Crippen molar-refractivity contribution in [2.24, 2.45) is 17.8 Å². The predicted molar refractivity (Wildman–Crippen MR) is 270 cm³/mol. The molecule has 19 nitrogen and oxygen atoms in total. The lowest BCUT2D eigenvalue weighted by Gasteiger charge is -2.49. The van der Waals surface area contributed by atoms with E-state index in [-0.39, 0.29) is 61.8 Å². The Kier molecular flexibility index (Phi) is 23.1. The quantitative estimate of drug-likeness (QED) is 0.116. The Bertz CT molecular complexity index is 2000. The van der Waals surface area contributed by atoms with Crippen LogP contribution in [0.2, 0.25) is 0 Å². The summed E-state index contributed by atoms with van der Waals surface area (Å²) in [5.74, 6) is -3.62. The number of alkyl halides is 1. The number of hydrogen-bond acceptors (Lipinski definition) is 18. The minimum Gasteiger partial charge on any atom is -0.459 e. The summed E-state index contributed by atoms with van der Waals surface area (Å²) in [6, 6.07) is 4.00. The first-order valence-electron chi connectivity index (χ1n) is 25.9. The van der Waals surface area contributed by atoms with Crippen molar-refractivity contribution in [1.82, 2.24) is 15.1 Å². The summed E-state index contributed by atoms with van der Waals surface area (Å²) in [4.78, 5) is 31.6. The van der Waals surface area contributed by atoms with Gasteiger partial charge in [-0.1, -0.05) is 32.9 Å². The van der Waals surface area contributed by atoms with E-state index in [2.05, 4.69) is 5.32 Å². The second-order valence-corrected chi connectivity index (χ2v) is 24.1. The summed E-state index contributed by atoms with van der Waals surface area (Å²) in [6.07, 6.45) is -10.0. The minimum absolute atomic E-state index is 0.0493. The van der Waals surface area contributed by atoms with E-state index >= 15 is 0 Å². The standard InChI is InChI=1S/C52H90FN3O16S/c1-15-40-52(10,63)45(59)34(6)56(12)29-30(2)26-50(8,62)47(32(4)44(33(5)48(61)70-40)71-42-27-51(9,67-14)46(60)35(7)69-42)72-49-43(58)39(24-31(3)68-49)55(11)21-20-41(57)54-37(28-53)25-36-16-18-38(19-17-36)73(64,65)23-22-66-13/h16-19,30-35,37,39-40,42-47,49,58-60,62-63H,15,20-29H2,1-14H3,(H,54,57)/t30-,31-,32+,33-,34-,35+,37+,39+,40-,42+,43-,44+,45-,46+,47-,49+,50-,51-,52-/m1/s1. The average molecular weight is 1060 g/mol. The fourth-order valence-corrected chi connectivity index (χ4v) is 12.1. The van der Waals surface area contributed by atoms with Crippen LogP contribution < -0.4 is 5.32 Å². The SMILES string of the molecule is CC[C@H]1OC(=O)[C@H](C)[C@@H](O[C@H]2C[C@@](C)(OC)[C@@H](O)[C@H](C)O2)[C@H](C)[C@@H](O[C@@H]2O[C@H](C)C[C@H](N(C)CCC(=O)N[C@H](CF)Cc3ccc(S(=O)(=O)CCOC)cc3)[C@H]2O)[C@](C)(O)C[C@@H](C)CN(C)[C@H](C)[C@@H](O)[C@]1(C)O. The number of aliphatic hydroxyl groups excluding tert-OH is 3. The van der Waals surface area contributed by atoms with Crippen LogP contribution in [0.25, 0.3) is 0 Å². The highest BCUT2D eigenvalue weighted by Crippen LogP contribution is 2.40. The van der Waals surface area contributed by atoms with E-state index in [4.69, 9.17) is 33.2 Å². The number of carbonyl (C=O) groups is 2. The molecular weight excluding hydrogens is 974 g/mol. The van der Waals surface area contributed by atoms with Crippen molar-refractivity contribution in [3.05, 3.63) is 29.8 Å². The molecule has 0 unspecified atom stereocenters. The number of carbonyl (C=O) groups excluding carboxylic acids is 2. The van der Waals surface area contributed by atoms with E-state index in [1.165, 1.54) is 33.3 Å². The molecule has 73 heavy (non-hydrogen) atoms. The molecule has 6 N–H and O–H groups in total. The number of ether oxygens (including phenoxy) is 7. The van der Waals surface area contributed by atoms with E-state index in [0.717, 1.165) is 0 Å². The van der Waals surface area contributed by atoms with E-state index in [1.54, 1.807) is 74.7 Å². The van der Waals surface area contributed by atoms with Crippen LogP contribution in [0.5, 0.6) is 0 Å². The van der Waals surface area contributed by atoms with Gasteiger partial charge in [0.1, 0.15) is 36.7 Å². The van der Waals surface area contributed by atoms with Crippen LogP contribution in [0.4, 0.5) is 4.39 Å². The van der Waals surface area contributed by atoms with Crippen LogP contribution in [0.3, 0.4) is 0 Å². The first-order chi connectivity index (χ1) is 34.0. The van der Waals surface area contributed by atoms with Gasteiger partial charge in [0, 0.05) is 58.2 Å². The van der Waals surface area contributed by atoms with Gasteiger partial charge in [-0.25, -0.2) is 12.8 Å². The van der Waals surface area contributed by atoms with Crippen molar-refractivity contribution in [3.63, 3.8) is 0 Å². The number of esters is 1. The maximum Gasteiger partial charge on any atom is 0.311 e. The highest BCUT2D eigenvalue weighted by atomic mass is 32.2. The Balaban J connectivity index is 1.62. The predicted octanol–water partition coefficient (Wildman–Crippen LogP) is 2.78. The van der Waals surface area contributed by atoms with Crippen LogP contribution in [0.15, 0.2) is 29.2 Å². The summed E-state index contributed by atoms with van der Waals surface area (Å²) in [6.45, 7) is 16.8. The monoisotopic (exact) mass is 1060 g/mol. The number of likely N-dealkylation sites (N-methyl/N-ethyl adjacent to an activating group) is 2. The van der Waals surface area contributed by atoms with Crippen molar-refractivity contribution >= 4 is 21.7 Å². The molecule has 1 aromatic carbocycles. The lowest BCUT2D eigenvalue weighted by molar-refractivity contribution is -0.318. The zero-order chi connectivity index (χ0) is 55.0. The Labute approximate surface area is 433 Å². The van der Waals surface area contributed by atoms with Gasteiger partial charge in [-0.3, -0.25) is 9.59 Å². The maximum absolute atomic E-state index is 14.5. The van der Waals surface area contributed by atoms with E-state index in [1.807, 2.05) is 23.6 Å². The molecule has 0 radical (unpaired) electrons. The third kappa shape index (κ3) is 16.1. The topological polar surface area (TPSA) is 253 Å². The number of halogens is 1. The maximum atomic E-state index is 14.5. The second kappa shape index (κ2) is 26.7. The van der Waals surface area contributed by atoms with Gasteiger partial charge in [0.25, 0.3) is 0 Å². The molecule has 3 fully saturated rings. The van der Waals surface area contributed by atoms with Gasteiger partial charge >= 0.3 is 5.97 Å². The number of aliphatic hydroxyl groups is 5. The molecule has 3 heterocycles. The molecule has 1 aromatic rings. The van der Waals surface area contributed by atoms with Gasteiger partial charge in [0.15, 0.2) is 22.4 Å². The Hall–Kier alpha value is -2.48. The van der Waals surface area contributed by atoms with E-state index in [9.17, 15) is 47.9 Å². The number of sulfone groups is 1. The highest BCUT2D eigenvalue weighted by molar-refractivity contribution is 7.91. The van der Waals surface area contributed by atoms with Gasteiger partial charge in [0.05, 0.1) is 64.8 Å². The molecule has 1 amide bonds. The molecule has 0 saturated carbocycles. The van der Waals surface area contributed by atoms with E-state index < -0.39 is 137 Å². The first-order valence-corrected chi connectivity index (χ1v) is 27.5. The normalized spacial score (nSPS) is 39.3. The number of methoxy groups -OCH3 is 2. The highest BCUT2D eigenvalue weighted by Gasteiger charge is 2.53. The minimum atomic E-state index is -3.55. The average Bonchev–Trinajstić information content (AvgIpc) is 3.33. The van der Waals surface area contributed by atoms with Crippen molar-refractivity contribution < 1.29 is 81.1 Å². The Morgan fingerprint density at radius 1 is 0.986 bits per heavy atom. The molecule has 0 aromatic heterocycles. The van der Waals surface area contributed by atoms with Gasteiger partial charge in [0.2, 0.25) is 5.91 Å². The smallest absolute Gasteiger partial charge is 0.311 e. The van der Waals surface area contributed by atoms with Crippen LogP contribution in [-0.2, 0) is 59.0 Å². The number of nitrogens with one attached hydrogen (secondary N) is 1. The lowest BCUT2D eigenvalue weighted by Crippen LogP contribution is -2.61. The Morgan fingerprint density at radius 2 is 1.63 bits per heavy atom. The van der Waals surface area contributed by atoms with Crippen LogP contribution >= 0.6 is 0 Å². The largest absolute Gasteiger partial charge is 0.459 e. The fourth-order valence-electron chi connectivity index (χ4n) is 11.0. The molecule has 4 rings (SSSR count). The molecule has 19 atom stereocenters. The van der Waals surface area contributed by atoms with Crippen molar-refractivity contribution in [2.45, 2.75) is 209 Å². The first kappa shape index (κ1) is 63.1. The summed E-state index contributed by atoms with van der Waals surface area (Å²) in [5.41, 5.74) is -4.04. The van der Waals surface area contributed by atoms with Crippen LogP contribution in [0.1, 0.15) is 107 Å². The summed E-state index contributed by atoms with van der Waals surface area (Å²) < 4.78 is 82.3. The van der Waals surface area contributed by atoms with Gasteiger partial charge in [-0.2, -0.15) is 0 Å². The van der Waals surface area contributed by atoms with Crippen LogP contribution in [-0.4, -0.2) is 212 Å². The third-order valence-electron chi connectivity index (χ3n) is 15.7. The number of nitrogens with zero attached hydrogens (tertiary/aromatic N) is 2. The summed E-state index contributed by atoms with van der Waals surface area (Å²) >= 11 is 0. The molecule has 422 valence electrons. The number of hydrogen-bond donors (Lipinski definition) is 6. The lowest BCUT2D eigenvalue weighted by atomic mass is 9.77. The summed E-state index contributed by atoms with van der Waals surface area (Å²) in [5, 5.41) is 62.3. The molecule has 0 spiro atoms. The van der Waals surface area contributed by atoms with Gasteiger partial charge in [-0.15, -0.1) is 0 Å². The number of amides is 1. The molecular formula is C52H90FN3O16S. The molecule has 3 saturated heterocycles. The van der Waals surface area contributed by atoms with Gasteiger partial charge in [-0.05, 0) is 112 Å². The van der Waals surface area contributed by atoms with Crippen molar-refractivity contribution in [2.75, 3.05) is 60.4 Å². The molecule has 0 aliphatic carbocycles. The molecule has 21 heteroatoms. The fraction of sp³-hybridized carbons (Fsp3) is 0.846. The third-order valence-corrected chi connectivity index (χ3v) is 17.4. The molecule has 3 aliphatic heterocycles. The van der Waals surface area contributed by atoms with E-state index in [0.29, 0.717) is 18.5 Å². The van der Waals surface area contributed by atoms with Crippen molar-refractivity contribution in [1.29, 1.82) is 0 Å². The van der Waals surface area contributed by atoms with Crippen LogP contribution in [0, 0.1) is 17.8 Å². The second-order valence-electron chi connectivity index (χ2n) is 22.0. The number of rotatable bonds is 18. The van der Waals surface area contributed by atoms with Crippen molar-refractivity contribution in [3.8, 4) is 0 Å².